The number of halogens is 1. The molecule has 0 saturated carbocycles. The fraction of sp³-hybridized carbons (Fsp3) is 0.357. The standard InChI is InChI=1S/C14H18FN5O/c1-4-16-12-18-13(20-14(19-12)21-5-2)17-11-7-6-9(3)8-10(11)15/h6-8H,4-5H2,1-3H3,(H2,16,17,18,19,20). The van der Waals surface area contributed by atoms with Gasteiger partial charge in [-0.05, 0) is 38.5 Å². The summed E-state index contributed by atoms with van der Waals surface area (Å²) in [5, 5.41) is 5.82. The maximum Gasteiger partial charge on any atom is 0.323 e. The molecule has 7 heteroatoms. The van der Waals surface area contributed by atoms with Crippen molar-refractivity contribution in [2.75, 3.05) is 23.8 Å². The highest BCUT2D eigenvalue weighted by molar-refractivity contribution is 5.55. The minimum absolute atomic E-state index is 0.193. The van der Waals surface area contributed by atoms with Gasteiger partial charge in [0.2, 0.25) is 11.9 Å². The first-order chi connectivity index (χ1) is 10.1. The zero-order valence-electron chi connectivity index (χ0n) is 12.3. The summed E-state index contributed by atoms with van der Waals surface area (Å²) in [6, 6.07) is 5.08. The van der Waals surface area contributed by atoms with Crippen molar-refractivity contribution in [3.05, 3.63) is 29.6 Å². The zero-order chi connectivity index (χ0) is 15.2. The molecule has 112 valence electrons. The molecular formula is C14H18FN5O. The summed E-state index contributed by atoms with van der Waals surface area (Å²) in [7, 11) is 0. The molecule has 21 heavy (non-hydrogen) atoms. The molecule has 0 radical (unpaired) electrons. The van der Waals surface area contributed by atoms with E-state index >= 15 is 0 Å². The van der Waals surface area contributed by atoms with Gasteiger partial charge in [-0.25, -0.2) is 4.39 Å². The fourth-order valence-corrected chi connectivity index (χ4v) is 1.69. The molecule has 0 spiro atoms. The number of rotatable bonds is 6. The molecule has 0 aliphatic heterocycles. The van der Waals surface area contributed by atoms with Crippen molar-refractivity contribution >= 4 is 17.6 Å². The molecule has 6 nitrogen and oxygen atoms in total. The third-order valence-electron chi connectivity index (χ3n) is 2.59. The molecule has 1 aromatic heterocycles. The lowest BCUT2D eigenvalue weighted by Gasteiger charge is -2.10. The second kappa shape index (κ2) is 6.83. The smallest absolute Gasteiger partial charge is 0.323 e. The first-order valence-corrected chi connectivity index (χ1v) is 6.78. The number of ether oxygens (including phenoxy) is 1. The van der Waals surface area contributed by atoms with Gasteiger partial charge in [-0.1, -0.05) is 6.07 Å². The van der Waals surface area contributed by atoms with Crippen LogP contribution in [0, 0.1) is 12.7 Å². The van der Waals surface area contributed by atoms with Crippen LogP contribution in [-0.4, -0.2) is 28.1 Å². The van der Waals surface area contributed by atoms with Gasteiger partial charge < -0.3 is 15.4 Å². The number of nitrogens with one attached hydrogen (secondary N) is 2. The summed E-state index contributed by atoms with van der Waals surface area (Å²) in [6.07, 6.45) is 0. The van der Waals surface area contributed by atoms with E-state index in [4.69, 9.17) is 4.74 Å². The largest absolute Gasteiger partial charge is 0.464 e. The van der Waals surface area contributed by atoms with E-state index < -0.39 is 0 Å². The monoisotopic (exact) mass is 291 g/mol. The van der Waals surface area contributed by atoms with Gasteiger partial charge in [-0.3, -0.25) is 0 Å². The van der Waals surface area contributed by atoms with E-state index in [0.29, 0.717) is 24.8 Å². The van der Waals surface area contributed by atoms with Crippen molar-refractivity contribution in [2.45, 2.75) is 20.8 Å². The molecule has 0 aliphatic carbocycles. The minimum Gasteiger partial charge on any atom is -0.464 e. The Bertz CT molecular complexity index is 596. The number of aromatic nitrogens is 3. The molecule has 0 fully saturated rings. The van der Waals surface area contributed by atoms with Crippen LogP contribution in [0.4, 0.5) is 22.0 Å². The summed E-state index contributed by atoms with van der Waals surface area (Å²) in [4.78, 5) is 12.4. The van der Waals surface area contributed by atoms with Crippen LogP contribution in [0.25, 0.3) is 0 Å². The van der Waals surface area contributed by atoms with Crippen LogP contribution in [-0.2, 0) is 0 Å². The van der Waals surface area contributed by atoms with Crippen LogP contribution in [0.15, 0.2) is 18.2 Å². The third kappa shape index (κ3) is 4.01. The molecule has 0 saturated heterocycles. The van der Waals surface area contributed by atoms with E-state index in [1.807, 2.05) is 20.8 Å². The Balaban J connectivity index is 2.29. The summed E-state index contributed by atoms with van der Waals surface area (Å²) < 4.78 is 19.1. The van der Waals surface area contributed by atoms with Crippen LogP contribution in [0.2, 0.25) is 0 Å². The molecule has 0 atom stereocenters. The van der Waals surface area contributed by atoms with Crippen LogP contribution >= 0.6 is 0 Å². The van der Waals surface area contributed by atoms with E-state index in [9.17, 15) is 4.39 Å². The zero-order valence-corrected chi connectivity index (χ0v) is 12.3. The van der Waals surface area contributed by atoms with Crippen molar-refractivity contribution in [1.29, 1.82) is 0 Å². The van der Waals surface area contributed by atoms with Crippen molar-refractivity contribution < 1.29 is 9.13 Å². The van der Waals surface area contributed by atoms with Gasteiger partial charge >= 0.3 is 6.01 Å². The van der Waals surface area contributed by atoms with E-state index in [-0.39, 0.29) is 17.8 Å². The first-order valence-electron chi connectivity index (χ1n) is 6.78. The van der Waals surface area contributed by atoms with Gasteiger partial charge in [-0.15, -0.1) is 0 Å². The summed E-state index contributed by atoms with van der Waals surface area (Å²) in [5.41, 5.74) is 1.15. The summed E-state index contributed by atoms with van der Waals surface area (Å²) >= 11 is 0. The second-order valence-corrected chi connectivity index (χ2v) is 4.34. The van der Waals surface area contributed by atoms with Crippen molar-refractivity contribution in [2.24, 2.45) is 0 Å². The molecule has 0 bridgehead atoms. The summed E-state index contributed by atoms with van der Waals surface area (Å²) in [5.74, 6) is 0.247. The predicted octanol–water partition coefficient (Wildman–Crippen LogP) is 2.89. The molecular weight excluding hydrogens is 273 g/mol. The molecule has 2 N–H and O–H groups in total. The highest BCUT2D eigenvalue weighted by Gasteiger charge is 2.09. The van der Waals surface area contributed by atoms with Gasteiger partial charge in [0, 0.05) is 6.54 Å². The molecule has 0 aliphatic rings. The Morgan fingerprint density at radius 3 is 2.57 bits per heavy atom. The van der Waals surface area contributed by atoms with Gasteiger partial charge in [0.25, 0.3) is 0 Å². The second-order valence-electron chi connectivity index (χ2n) is 4.34. The van der Waals surface area contributed by atoms with Crippen molar-refractivity contribution in [3.63, 3.8) is 0 Å². The molecule has 0 unspecified atom stereocenters. The minimum atomic E-state index is -0.363. The Kier molecular flexibility index (Phi) is 4.86. The lowest BCUT2D eigenvalue weighted by atomic mass is 10.2. The van der Waals surface area contributed by atoms with Crippen LogP contribution in [0.1, 0.15) is 19.4 Å². The van der Waals surface area contributed by atoms with Crippen molar-refractivity contribution in [1.82, 2.24) is 15.0 Å². The maximum absolute atomic E-state index is 13.9. The van der Waals surface area contributed by atoms with Crippen LogP contribution in [0.5, 0.6) is 6.01 Å². The van der Waals surface area contributed by atoms with Gasteiger partial charge in [0.05, 0.1) is 12.3 Å². The number of hydrogen-bond acceptors (Lipinski definition) is 6. The quantitative estimate of drug-likeness (QED) is 0.852. The average molecular weight is 291 g/mol. The van der Waals surface area contributed by atoms with Crippen molar-refractivity contribution in [3.8, 4) is 6.01 Å². The van der Waals surface area contributed by atoms with Gasteiger partial charge in [0.15, 0.2) is 0 Å². The van der Waals surface area contributed by atoms with Crippen LogP contribution in [0.3, 0.4) is 0 Å². The van der Waals surface area contributed by atoms with Gasteiger partial charge in [-0.2, -0.15) is 15.0 Å². The first kappa shape index (κ1) is 15.0. The van der Waals surface area contributed by atoms with E-state index in [0.717, 1.165) is 5.56 Å². The van der Waals surface area contributed by atoms with Crippen LogP contribution < -0.4 is 15.4 Å². The Hall–Kier alpha value is -2.44. The SMILES string of the molecule is CCNc1nc(Nc2ccc(C)cc2F)nc(OCC)n1. The number of anilines is 3. The number of nitrogens with zero attached hydrogens (tertiary/aromatic N) is 3. The molecule has 2 aromatic rings. The summed E-state index contributed by atoms with van der Waals surface area (Å²) in [6.45, 7) is 6.69. The number of benzene rings is 1. The van der Waals surface area contributed by atoms with Gasteiger partial charge in [0.1, 0.15) is 5.82 Å². The normalized spacial score (nSPS) is 10.3. The van der Waals surface area contributed by atoms with E-state index in [1.165, 1.54) is 6.07 Å². The topological polar surface area (TPSA) is 72.0 Å². The highest BCUT2D eigenvalue weighted by atomic mass is 19.1. The highest BCUT2D eigenvalue weighted by Crippen LogP contribution is 2.20. The fourth-order valence-electron chi connectivity index (χ4n) is 1.69. The number of hydrogen-bond donors (Lipinski definition) is 2. The molecule has 1 heterocycles. The Labute approximate surface area is 122 Å². The maximum atomic E-state index is 13.9. The third-order valence-corrected chi connectivity index (χ3v) is 2.59. The predicted molar refractivity (Wildman–Crippen MR) is 79.6 cm³/mol. The average Bonchev–Trinajstić information content (AvgIpc) is 2.42. The Morgan fingerprint density at radius 1 is 1.14 bits per heavy atom. The lowest BCUT2D eigenvalue weighted by molar-refractivity contribution is 0.312. The lowest BCUT2D eigenvalue weighted by Crippen LogP contribution is -2.09. The number of aryl methyl sites for hydroxylation is 1. The van der Waals surface area contributed by atoms with E-state index in [1.54, 1.807) is 12.1 Å². The van der Waals surface area contributed by atoms with E-state index in [2.05, 4.69) is 25.6 Å². The molecule has 2 rings (SSSR count). The Morgan fingerprint density at radius 2 is 1.90 bits per heavy atom. The molecule has 0 amide bonds. The molecule has 1 aromatic carbocycles.